The Morgan fingerprint density at radius 1 is 1.12 bits per heavy atom. The number of hydrogen-bond acceptors (Lipinski definition) is 4. The molecule has 0 saturated heterocycles. The van der Waals surface area contributed by atoms with Crippen LogP contribution in [0, 0.1) is 6.92 Å². The quantitative estimate of drug-likeness (QED) is 0.548. The minimum Gasteiger partial charge on any atom is -0.493 e. The maximum absolute atomic E-state index is 12.2. The van der Waals surface area contributed by atoms with Crippen molar-refractivity contribution in [1.29, 1.82) is 0 Å². The first-order valence-electron chi connectivity index (χ1n) is 8.21. The molecule has 0 aliphatic rings. The van der Waals surface area contributed by atoms with Gasteiger partial charge in [0.05, 0.1) is 20.4 Å². The van der Waals surface area contributed by atoms with E-state index in [-0.39, 0.29) is 12.5 Å². The number of rotatable bonds is 6. The van der Waals surface area contributed by atoms with Crippen molar-refractivity contribution in [1.82, 2.24) is 9.99 Å². The van der Waals surface area contributed by atoms with E-state index in [0.717, 1.165) is 22.2 Å². The maximum atomic E-state index is 12.2. The number of hydrogen-bond donors (Lipinski definition) is 1. The van der Waals surface area contributed by atoms with Crippen molar-refractivity contribution >= 4 is 23.0 Å². The Labute approximate surface area is 152 Å². The molecule has 0 radical (unpaired) electrons. The normalized spacial score (nSPS) is 11.0. The minimum atomic E-state index is -0.189. The molecule has 0 fully saturated rings. The minimum absolute atomic E-state index is 0.189. The van der Waals surface area contributed by atoms with Crippen molar-refractivity contribution in [3.05, 3.63) is 59.8 Å². The molecule has 26 heavy (non-hydrogen) atoms. The van der Waals surface area contributed by atoms with Crippen LogP contribution in [0.15, 0.2) is 53.6 Å². The Bertz CT molecular complexity index is 960. The molecule has 3 rings (SSSR count). The molecule has 0 aliphatic carbocycles. The van der Waals surface area contributed by atoms with Crippen LogP contribution in [0.25, 0.3) is 10.9 Å². The Kier molecular flexibility index (Phi) is 5.22. The molecule has 0 aliphatic heterocycles. The fraction of sp³-hybridized carbons (Fsp3) is 0.200. The van der Waals surface area contributed by atoms with Gasteiger partial charge in [-0.25, -0.2) is 5.43 Å². The van der Waals surface area contributed by atoms with Gasteiger partial charge in [-0.05, 0) is 48.2 Å². The third-order valence-corrected chi connectivity index (χ3v) is 4.13. The van der Waals surface area contributed by atoms with Crippen LogP contribution < -0.4 is 14.9 Å². The zero-order valence-corrected chi connectivity index (χ0v) is 15.0. The third-order valence-electron chi connectivity index (χ3n) is 4.13. The molecule has 1 heterocycles. The summed E-state index contributed by atoms with van der Waals surface area (Å²) in [4.78, 5) is 12.2. The van der Waals surface area contributed by atoms with E-state index in [1.165, 1.54) is 0 Å². The highest BCUT2D eigenvalue weighted by atomic mass is 16.5. The van der Waals surface area contributed by atoms with Gasteiger partial charge in [0.2, 0.25) is 0 Å². The molecule has 1 aromatic heterocycles. The number of carbonyl (C=O) groups excluding carboxylic acids is 1. The number of aryl methyl sites for hydroxylation is 1. The van der Waals surface area contributed by atoms with E-state index >= 15 is 0 Å². The molecule has 0 unspecified atom stereocenters. The second-order valence-corrected chi connectivity index (χ2v) is 5.84. The highest BCUT2D eigenvalue weighted by molar-refractivity contribution is 5.85. The van der Waals surface area contributed by atoms with Gasteiger partial charge < -0.3 is 14.0 Å². The summed E-state index contributed by atoms with van der Waals surface area (Å²) in [5.74, 6) is 1.06. The lowest BCUT2D eigenvalue weighted by Gasteiger charge is -2.08. The number of amides is 1. The fourth-order valence-corrected chi connectivity index (χ4v) is 2.85. The largest absolute Gasteiger partial charge is 0.493 e. The van der Waals surface area contributed by atoms with Crippen LogP contribution in [0.2, 0.25) is 0 Å². The number of hydrazone groups is 1. The van der Waals surface area contributed by atoms with Gasteiger partial charge in [0.25, 0.3) is 5.91 Å². The summed E-state index contributed by atoms with van der Waals surface area (Å²) in [6.07, 6.45) is 1.57. The van der Waals surface area contributed by atoms with Gasteiger partial charge in [-0.15, -0.1) is 0 Å². The zero-order valence-electron chi connectivity index (χ0n) is 15.0. The Hall–Kier alpha value is -3.28. The predicted octanol–water partition coefficient (Wildman–Crippen LogP) is 3.12. The maximum Gasteiger partial charge on any atom is 0.259 e. The summed E-state index contributed by atoms with van der Waals surface area (Å²) in [6, 6.07) is 15.5. The van der Waals surface area contributed by atoms with Crippen LogP contribution in [0.3, 0.4) is 0 Å². The third kappa shape index (κ3) is 3.69. The van der Waals surface area contributed by atoms with Crippen LogP contribution in [0.4, 0.5) is 0 Å². The van der Waals surface area contributed by atoms with Crippen molar-refractivity contribution < 1.29 is 14.3 Å². The molecule has 2 aromatic carbocycles. The number of aromatic nitrogens is 1. The summed E-state index contributed by atoms with van der Waals surface area (Å²) in [5.41, 5.74) is 5.43. The van der Waals surface area contributed by atoms with Gasteiger partial charge in [-0.3, -0.25) is 4.79 Å². The molecule has 134 valence electrons. The van der Waals surface area contributed by atoms with Gasteiger partial charge in [0.15, 0.2) is 11.5 Å². The van der Waals surface area contributed by atoms with Crippen molar-refractivity contribution in [2.45, 2.75) is 13.5 Å². The van der Waals surface area contributed by atoms with E-state index in [4.69, 9.17) is 9.47 Å². The SMILES string of the molecule is COc1ccc(/C=N/NC(=O)Cn2c(C)cc3ccccc32)cc1OC. The summed E-state index contributed by atoms with van der Waals surface area (Å²) in [6.45, 7) is 2.20. The number of para-hydroxylation sites is 1. The molecule has 1 amide bonds. The van der Waals surface area contributed by atoms with Crippen LogP contribution in [-0.4, -0.2) is 30.9 Å². The lowest BCUT2D eigenvalue weighted by Crippen LogP contribution is -2.23. The van der Waals surface area contributed by atoms with Gasteiger partial charge in [-0.2, -0.15) is 5.10 Å². The van der Waals surface area contributed by atoms with Crippen LogP contribution >= 0.6 is 0 Å². The number of methoxy groups -OCH3 is 2. The highest BCUT2D eigenvalue weighted by Gasteiger charge is 2.09. The number of fused-ring (bicyclic) bond motifs is 1. The smallest absolute Gasteiger partial charge is 0.259 e. The standard InChI is InChI=1S/C20H21N3O3/c1-14-10-16-6-4-5-7-17(16)23(14)13-20(24)22-21-12-15-8-9-18(25-2)19(11-15)26-3/h4-12H,13H2,1-3H3,(H,22,24)/b21-12+. The Balaban J connectivity index is 1.67. The summed E-state index contributed by atoms with van der Waals surface area (Å²) < 4.78 is 12.4. The van der Waals surface area contributed by atoms with Gasteiger partial charge in [0, 0.05) is 11.2 Å². The first-order chi connectivity index (χ1) is 12.6. The van der Waals surface area contributed by atoms with E-state index in [9.17, 15) is 4.79 Å². The molecule has 0 bridgehead atoms. The van der Waals surface area contributed by atoms with Crippen molar-refractivity contribution in [2.24, 2.45) is 5.10 Å². The van der Waals surface area contributed by atoms with Crippen molar-refractivity contribution in [2.75, 3.05) is 14.2 Å². The van der Waals surface area contributed by atoms with E-state index in [1.54, 1.807) is 32.6 Å². The topological polar surface area (TPSA) is 64.8 Å². The molecule has 0 atom stereocenters. The number of carbonyl (C=O) groups is 1. The lowest BCUT2D eigenvalue weighted by atomic mass is 10.2. The van der Waals surface area contributed by atoms with E-state index in [2.05, 4.69) is 16.6 Å². The van der Waals surface area contributed by atoms with Crippen molar-refractivity contribution in [3.63, 3.8) is 0 Å². The van der Waals surface area contributed by atoms with Crippen LogP contribution in [0.1, 0.15) is 11.3 Å². The second-order valence-electron chi connectivity index (χ2n) is 5.84. The number of benzene rings is 2. The van der Waals surface area contributed by atoms with Gasteiger partial charge in [0.1, 0.15) is 6.54 Å². The predicted molar refractivity (Wildman–Crippen MR) is 102 cm³/mol. The average molecular weight is 351 g/mol. The Morgan fingerprint density at radius 2 is 1.88 bits per heavy atom. The zero-order chi connectivity index (χ0) is 18.5. The van der Waals surface area contributed by atoms with Crippen molar-refractivity contribution in [3.8, 4) is 11.5 Å². The molecule has 3 aromatic rings. The van der Waals surface area contributed by atoms with Crippen LogP contribution in [-0.2, 0) is 11.3 Å². The Morgan fingerprint density at radius 3 is 2.65 bits per heavy atom. The van der Waals surface area contributed by atoms with E-state index < -0.39 is 0 Å². The lowest BCUT2D eigenvalue weighted by molar-refractivity contribution is -0.121. The summed E-state index contributed by atoms with van der Waals surface area (Å²) in [5, 5.41) is 5.15. The summed E-state index contributed by atoms with van der Waals surface area (Å²) >= 11 is 0. The first kappa shape index (κ1) is 17.5. The molecule has 6 nitrogen and oxygen atoms in total. The van der Waals surface area contributed by atoms with E-state index in [0.29, 0.717) is 11.5 Å². The molecule has 1 N–H and O–H groups in total. The van der Waals surface area contributed by atoms with E-state index in [1.807, 2.05) is 41.8 Å². The molecule has 6 heteroatoms. The second kappa shape index (κ2) is 7.74. The fourth-order valence-electron chi connectivity index (χ4n) is 2.85. The molecule has 0 spiro atoms. The average Bonchev–Trinajstić information content (AvgIpc) is 2.97. The number of ether oxygens (including phenoxy) is 2. The number of nitrogens with zero attached hydrogens (tertiary/aromatic N) is 2. The van der Waals surface area contributed by atoms with Gasteiger partial charge in [-0.1, -0.05) is 18.2 Å². The molecular weight excluding hydrogens is 330 g/mol. The monoisotopic (exact) mass is 351 g/mol. The van der Waals surface area contributed by atoms with Gasteiger partial charge >= 0.3 is 0 Å². The van der Waals surface area contributed by atoms with Crippen LogP contribution in [0.5, 0.6) is 11.5 Å². The molecular formula is C20H21N3O3. The molecule has 0 saturated carbocycles. The summed E-state index contributed by atoms with van der Waals surface area (Å²) in [7, 11) is 3.16. The first-order valence-corrected chi connectivity index (χ1v) is 8.21. The highest BCUT2D eigenvalue weighted by Crippen LogP contribution is 2.26. The number of nitrogens with one attached hydrogen (secondary N) is 1.